The molecular weight excluding hydrogens is 312 g/mol. The van der Waals surface area contributed by atoms with Crippen LogP contribution in [0.25, 0.3) is 0 Å². The minimum Gasteiger partial charge on any atom is -0.0840 e. The van der Waals surface area contributed by atoms with E-state index in [0.29, 0.717) is 0 Å². The summed E-state index contributed by atoms with van der Waals surface area (Å²) in [6.07, 6.45) is 0. The molecule has 1 unspecified atom stereocenters. The van der Waals surface area contributed by atoms with Gasteiger partial charge in [-0.1, -0.05) is 105 Å². The van der Waals surface area contributed by atoms with Gasteiger partial charge in [-0.05, 0) is 33.7 Å². The van der Waals surface area contributed by atoms with Crippen molar-refractivity contribution in [1.82, 2.24) is 0 Å². The highest BCUT2D eigenvalue weighted by Gasteiger charge is 2.20. The molecule has 0 bridgehead atoms. The maximum atomic E-state index is 6.52. The lowest BCUT2D eigenvalue weighted by atomic mass is 9.82. The summed E-state index contributed by atoms with van der Waals surface area (Å²) in [5.41, 5.74) is 5.17. The van der Waals surface area contributed by atoms with Crippen molar-refractivity contribution in [2.45, 2.75) is 32.1 Å². The zero-order valence-electron chi connectivity index (χ0n) is 14.5. The van der Waals surface area contributed by atoms with E-state index in [-0.39, 0.29) is 11.3 Å². The summed E-state index contributed by atoms with van der Waals surface area (Å²) < 4.78 is 0. The van der Waals surface area contributed by atoms with E-state index in [4.69, 9.17) is 11.6 Å². The van der Waals surface area contributed by atoms with Crippen LogP contribution < -0.4 is 0 Å². The minimum absolute atomic E-state index is 0.147. The summed E-state index contributed by atoms with van der Waals surface area (Å²) in [5, 5.41) is 0.811. The monoisotopic (exact) mass is 334 g/mol. The highest BCUT2D eigenvalue weighted by atomic mass is 35.5. The predicted octanol–water partition coefficient (Wildman–Crippen LogP) is 6.82. The molecule has 1 atom stereocenters. The summed E-state index contributed by atoms with van der Waals surface area (Å²) in [6, 6.07) is 27.7. The normalized spacial score (nSPS) is 12.8. The van der Waals surface area contributed by atoms with Crippen LogP contribution in [0.3, 0.4) is 0 Å². The molecule has 0 N–H and O–H groups in total. The molecule has 0 aliphatic heterocycles. The van der Waals surface area contributed by atoms with Gasteiger partial charge in [0, 0.05) is 10.9 Å². The Morgan fingerprint density at radius 3 is 1.79 bits per heavy atom. The predicted molar refractivity (Wildman–Crippen MR) is 104 cm³/mol. The summed E-state index contributed by atoms with van der Waals surface area (Å²) >= 11 is 6.52. The van der Waals surface area contributed by atoms with Crippen molar-refractivity contribution in [1.29, 1.82) is 0 Å². The number of halogens is 1. The van der Waals surface area contributed by atoms with Gasteiger partial charge in [0.15, 0.2) is 0 Å². The summed E-state index contributed by atoms with van der Waals surface area (Å²) in [6.45, 7) is 6.72. The molecule has 3 aromatic carbocycles. The first kappa shape index (κ1) is 16.8. The minimum atomic E-state index is 0.147. The molecule has 24 heavy (non-hydrogen) atoms. The van der Waals surface area contributed by atoms with Crippen molar-refractivity contribution < 1.29 is 0 Å². The molecule has 0 amide bonds. The Hall–Kier alpha value is -2.05. The first-order chi connectivity index (χ1) is 11.5. The molecule has 0 aliphatic rings. The Labute approximate surface area is 150 Å². The second-order valence-corrected chi connectivity index (χ2v) is 7.64. The first-order valence-corrected chi connectivity index (χ1v) is 8.74. The van der Waals surface area contributed by atoms with Gasteiger partial charge in [0.2, 0.25) is 0 Å². The van der Waals surface area contributed by atoms with Crippen LogP contribution in [0.4, 0.5) is 0 Å². The van der Waals surface area contributed by atoms with Gasteiger partial charge < -0.3 is 0 Å². The zero-order valence-corrected chi connectivity index (χ0v) is 15.2. The average molecular weight is 335 g/mol. The fraction of sp³-hybridized carbons (Fsp3) is 0.217. The maximum Gasteiger partial charge on any atom is 0.0447 e. The molecule has 3 rings (SSSR count). The Morgan fingerprint density at radius 2 is 1.21 bits per heavy atom. The standard InChI is InChI=1S/C23H23Cl/c1-23(2,3)19-15-13-18(14-16-19)22(17-9-5-4-6-10-17)20-11-7-8-12-21(20)24/h4-16,22H,1-3H3. The lowest BCUT2D eigenvalue weighted by molar-refractivity contribution is 0.590. The molecule has 0 saturated heterocycles. The van der Waals surface area contributed by atoms with Crippen molar-refractivity contribution in [3.05, 3.63) is 106 Å². The van der Waals surface area contributed by atoms with E-state index in [2.05, 4.69) is 87.5 Å². The van der Waals surface area contributed by atoms with E-state index in [9.17, 15) is 0 Å². The van der Waals surface area contributed by atoms with Crippen LogP contribution in [0.15, 0.2) is 78.9 Å². The molecule has 0 fully saturated rings. The Kier molecular flexibility index (Phi) is 4.78. The third-order valence-electron chi connectivity index (χ3n) is 4.46. The van der Waals surface area contributed by atoms with Crippen molar-refractivity contribution in [2.24, 2.45) is 0 Å². The Balaban J connectivity index is 2.11. The molecule has 1 heteroatoms. The van der Waals surface area contributed by atoms with E-state index >= 15 is 0 Å². The van der Waals surface area contributed by atoms with Crippen LogP contribution in [0.1, 0.15) is 48.9 Å². The third-order valence-corrected chi connectivity index (χ3v) is 4.80. The van der Waals surface area contributed by atoms with E-state index < -0.39 is 0 Å². The second kappa shape index (κ2) is 6.83. The fourth-order valence-electron chi connectivity index (χ4n) is 3.08. The van der Waals surface area contributed by atoms with Crippen molar-refractivity contribution >= 4 is 11.6 Å². The lowest BCUT2D eigenvalue weighted by Crippen LogP contribution is -2.11. The van der Waals surface area contributed by atoms with Crippen LogP contribution in [0, 0.1) is 0 Å². The fourth-order valence-corrected chi connectivity index (χ4v) is 3.33. The molecule has 0 aromatic heterocycles. The highest BCUT2D eigenvalue weighted by molar-refractivity contribution is 6.31. The Bertz CT molecular complexity index is 795. The number of hydrogen-bond acceptors (Lipinski definition) is 0. The molecule has 0 heterocycles. The van der Waals surface area contributed by atoms with Gasteiger partial charge in [-0.3, -0.25) is 0 Å². The summed E-state index contributed by atoms with van der Waals surface area (Å²) in [4.78, 5) is 0. The molecule has 3 aromatic rings. The van der Waals surface area contributed by atoms with Crippen LogP contribution in [-0.2, 0) is 5.41 Å². The van der Waals surface area contributed by atoms with Crippen molar-refractivity contribution in [3.63, 3.8) is 0 Å². The van der Waals surface area contributed by atoms with E-state index in [0.717, 1.165) is 10.6 Å². The summed E-state index contributed by atoms with van der Waals surface area (Å²) in [7, 11) is 0. The van der Waals surface area contributed by atoms with Crippen LogP contribution in [-0.4, -0.2) is 0 Å². The van der Waals surface area contributed by atoms with Gasteiger partial charge >= 0.3 is 0 Å². The van der Waals surface area contributed by atoms with E-state index in [1.54, 1.807) is 0 Å². The van der Waals surface area contributed by atoms with E-state index in [1.807, 2.05) is 12.1 Å². The molecule has 0 spiro atoms. The lowest BCUT2D eigenvalue weighted by Gasteiger charge is -2.23. The Morgan fingerprint density at radius 1 is 0.667 bits per heavy atom. The molecule has 0 saturated carbocycles. The van der Waals surface area contributed by atoms with Gasteiger partial charge in [-0.2, -0.15) is 0 Å². The topological polar surface area (TPSA) is 0 Å². The average Bonchev–Trinajstić information content (AvgIpc) is 2.58. The zero-order chi connectivity index (χ0) is 17.2. The number of rotatable bonds is 3. The highest BCUT2D eigenvalue weighted by Crippen LogP contribution is 2.36. The molecule has 0 aliphatic carbocycles. The van der Waals surface area contributed by atoms with Gasteiger partial charge in [0.1, 0.15) is 0 Å². The molecule has 0 nitrogen and oxygen atoms in total. The SMILES string of the molecule is CC(C)(C)c1ccc(C(c2ccccc2)c2ccccc2Cl)cc1. The maximum absolute atomic E-state index is 6.52. The van der Waals surface area contributed by atoms with Gasteiger partial charge in [-0.15, -0.1) is 0 Å². The first-order valence-electron chi connectivity index (χ1n) is 8.36. The quantitative estimate of drug-likeness (QED) is 0.461. The molecular formula is C23H23Cl. The van der Waals surface area contributed by atoms with E-state index in [1.165, 1.54) is 16.7 Å². The van der Waals surface area contributed by atoms with Crippen LogP contribution in [0.5, 0.6) is 0 Å². The summed E-state index contributed by atoms with van der Waals surface area (Å²) in [5.74, 6) is 0.147. The molecule has 122 valence electrons. The number of benzene rings is 3. The third kappa shape index (κ3) is 3.55. The smallest absolute Gasteiger partial charge is 0.0447 e. The number of hydrogen-bond donors (Lipinski definition) is 0. The van der Waals surface area contributed by atoms with Crippen LogP contribution in [0.2, 0.25) is 5.02 Å². The second-order valence-electron chi connectivity index (χ2n) is 7.24. The van der Waals surface area contributed by atoms with Crippen molar-refractivity contribution in [2.75, 3.05) is 0 Å². The van der Waals surface area contributed by atoms with Crippen LogP contribution >= 0.6 is 11.6 Å². The largest absolute Gasteiger partial charge is 0.0840 e. The van der Waals surface area contributed by atoms with Gasteiger partial charge in [-0.25, -0.2) is 0 Å². The molecule has 0 radical (unpaired) electrons. The van der Waals surface area contributed by atoms with Gasteiger partial charge in [0.25, 0.3) is 0 Å². The van der Waals surface area contributed by atoms with Gasteiger partial charge in [0.05, 0.1) is 0 Å². The van der Waals surface area contributed by atoms with Crippen molar-refractivity contribution in [3.8, 4) is 0 Å².